The first-order valence-corrected chi connectivity index (χ1v) is 7.27. The predicted octanol–water partition coefficient (Wildman–Crippen LogP) is 1.49. The number of likely N-dealkylation sites (N-methyl/N-ethyl adjacent to an activating group) is 1. The van der Waals surface area contributed by atoms with Crippen molar-refractivity contribution in [1.82, 2.24) is 9.80 Å². The summed E-state index contributed by atoms with van der Waals surface area (Å²) in [4.78, 5) is 27.4. The SMILES string of the molecule is CN(CC(=O)Cc1ccccc1F)CC(=O)N1CCCC1. The third-order valence-corrected chi connectivity index (χ3v) is 3.66. The average Bonchev–Trinajstić information content (AvgIpc) is 2.95. The van der Waals surface area contributed by atoms with E-state index in [0.29, 0.717) is 5.56 Å². The Morgan fingerprint density at radius 1 is 1.19 bits per heavy atom. The van der Waals surface area contributed by atoms with Gasteiger partial charge in [-0.15, -0.1) is 0 Å². The smallest absolute Gasteiger partial charge is 0.236 e. The zero-order chi connectivity index (χ0) is 15.2. The molecule has 0 bridgehead atoms. The summed E-state index contributed by atoms with van der Waals surface area (Å²) in [5.41, 5.74) is 0.404. The zero-order valence-electron chi connectivity index (χ0n) is 12.3. The number of benzene rings is 1. The van der Waals surface area contributed by atoms with Gasteiger partial charge in [0, 0.05) is 19.5 Å². The van der Waals surface area contributed by atoms with Crippen molar-refractivity contribution in [2.45, 2.75) is 19.3 Å². The second-order valence-corrected chi connectivity index (χ2v) is 5.57. The van der Waals surface area contributed by atoms with Gasteiger partial charge >= 0.3 is 0 Å². The minimum absolute atomic E-state index is 0.0636. The van der Waals surface area contributed by atoms with Crippen molar-refractivity contribution >= 4 is 11.7 Å². The summed E-state index contributed by atoms with van der Waals surface area (Å²) in [6.07, 6.45) is 2.18. The van der Waals surface area contributed by atoms with Gasteiger partial charge in [0.15, 0.2) is 5.78 Å². The number of Topliss-reactive ketones (excluding diaryl/α,β-unsaturated/α-hetero) is 1. The van der Waals surface area contributed by atoms with Crippen molar-refractivity contribution in [1.29, 1.82) is 0 Å². The number of carbonyl (C=O) groups is 2. The molecule has 5 heteroatoms. The first-order valence-electron chi connectivity index (χ1n) is 7.27. The Morgan fingerprint density at radius 2 is 1.86 bits per heavy atom. The maximum absolute atomic E-state index is 13.5. The number of nitrogens with zero attached hydrogens (tertiary/aromatic N) is 2. The normalized spacial score (nSPS) is 14.7. The number of hydrogen-bond acceptors (Lipinski definition) is 3. The lowest BCUT2D eigenvalue weighted by Gasteiger charge is -2.20. The fraction of sp³-hybridized carbons (Fsp3) is 0.500. The van der Waals surface area contributed by atoms with E-state index in [0.717, 1.165) is 25.9 Å². The second kappa shape index (κ2) is 7.31. The molecule has 1 amide bonds. The predicted molar refractivity (Wildman–Crippen MR) is 78.4 cm³/mol. The molecule has 1 aromatic carbocycles. The van der Waals surface area contributed by atoms with E-state index in [1.165, 1.54) is 6.07 Å². The van der Waals surface area contributed by atoms with Gasteiger partial charge in [0.05, 0.1) is 13.1 Å². The van der Waals surface area contributed by atoms with Crippen LogP contribution in [0.3, 0.4) is 0 Å². The second-order valence-electron chi connectivity index (χ2n) is 5.57. The fourth-order valence-electron chi connectivity index (χ4n) is 2.56. The summed E-state index contributed by atoms with van der Waals surface area (Å²) in [6.45, 7) is 2.03. The minimum Gasteiger partial charge on any atom is -0.342 e. The average molecular weight is 292 g/mol. The van der Waals surface area contributed by atoms with Crippen LogP contribution in [-0.4, -0.2) is 54.7 Å². The van der Waals surface area contributed by atoms with Crippen molar-refractivity contribution < 1.29 is 14.0 Å². The molecule has 1 aromatic rings. The highest BCUT2D eigenvalue weighted by Crippen LogP contribution is 2.09. The highest BCUT2D eigenvalue weighted by Gasteiger charge is 2.20. The first-order chi connectivity index (χ1) is 10.1. The highest BCUT2D eigenvalue weighted by molar-refractivity contribution is 5.84. The van der Waals surface area contributed by atoms with Crippen LogP contribution in [0.15, 0.2) is 24.3 Å². The maximum Gasteiger partial charge on any atom is 0.236 e. The molecule has 1 aliphatic rings. The molecule has 0 N–H and O–H groups in total. The van der Waals surface area contributed by atoms with E-state index in [9.17, 15) is 14.0 Å². The van der Waals surface area contributed by atoms with Crippen LogP contribution < -0.4 is 0 Å². The van der Waals surface area contributed by atoms with Crippen LogP contribution in [0.2, 0.25) is 0 Å². The molecule has 21 heavy (non-hydrogen) atoms. The molecule has 114 valence electrons. The van der Waals surface area contributed by atoms with Gasteiger partial charge in [-0.3, -0.25) is 14.5 Å². The standard InChI is InChI=1S/C16H21FN2O2/c1-18(12-16(21)19-8-4-5-9-19)11-14(20)10-13-6-2-3-7-15(13)17/h2-3,6-7H,4-5,8-12H2,1H3. The summed E-state index contributed by atoms with van der Waals surface area (Å²) in [7, 11) is 1.74. The van der Waals surface area contributed by atoms with Gasteiger partial charge in [0.1, 0.15) is 5.82 Å². The van der Waals surface area contributed by atoms with Crippen molar-refractivity contribution in [3.63, 3.8) is 0 Å². The van der Waals surface area contributed by atoms with Crippen LogP contribution >= 0.6 is 0 Å². The number of rotatable bonds is 6. The van der Waals surface area contributed by atoms with Gasteiger partial charge in [-0.25, -0.2) is 4.39 Å². The molecule has 4 nitrogen and oxygen atoms in total. The molecule has 1 fully saturated rings. The maximum atomic E-state index is 13.5. The summed E-state index contributed by atoms with van der Waals surface area (Å²) < 4.78 is 13.5. The topological polar surface area (TPSA) is 40.6 Å². The van der Waals surface area contributed by atoms with E-state index in [1.807, 2.05) is 4.90 Å². The fourth-order valence-corrected chi connectivity index (χ4v) is 2.56. The third kappa shape index (κ3) is 4.63. The number of likely N-dealkylation sites (tertiary alicyclic amines) is 1. The zero-order valence-corrected chi connectivity index (χ0v) is 12.3. The monoisotopic (exact) mass is 292 g/mol. The Labute approximate surface area is 124 Å². The van der Waals surface area contributed by atoms with Crippen molar-refractivity contribution in [2.24, 2.45) is 0 Å². The van der Waals surface area contributed by atoms with Crippen LogP contribution in [0.5, 0.6) is 0 Å². The van der Waals surface area contributed by atoms with E-state index < -0.39 is 0 Å². The Morgan fingerprint density at radius 3 is 2.52 bits per heavy atom. The number of amides is 1. The quantitative estimate of drug-likeness (QED) is 0.797. The molecule has 0 saturated carbocycles. The summed E-state index contributed by atoms with van der Waals surface area (Å²) in [5, 5.41) is 0. The molecule has 1 heterocycles. The molecule has 0 aromatic heterocycles. The van der Waals surface area contributed by atoms with E-state index in [1.54, 1.807) is 30.1 Å². The molecule has 0 radical (unpaired) electrons. The molecular weight excluding hydrogens is 271 g/mol. The lowest BCUT2D eigenvalue weighted by Crippen LogP contribution is -2.39. The van der Waals surface area contributed by atoms with E-state index in [-0.39, 0.29) is 37.0 Å². The van der Waals surface area contributed by atoms with Crippen LogP contribution in [-0.2, 0) is 16.0 Å². The van der Waals surface area contributed by atoms with Crippen LogP contribution in [0, 0.1) is 5.82 Å². The highest BCUT2D eigenvalue weighted by atomic mass is 19.1. The summed E-state index contributed by atoms with van der Waals surface area (Å²) >= 11 is 0. The first kappa shape index (κ1) is 15.6. The molecule has 0 unspecified atom stereocenters. The summed E-state index contributed by atoms with van der Waals surface area (Å²) in [5.74, 6) is -0.382. The number of hydrogen-bond donors (Lipinski definition) is 0. The van der Waals surface area contributed by atoms with Crippen LogP contribution in [0.4, 0.5) is 4.39 Å². The van der Waals surface area contributed by atoms with Crippen LogP contribution in [0.25, 0.3) is 0 Å². The van der Waals surface area contributed by atoms with Gasteiger partial charge in [0.25, 0.3) is 0 Å². The van der Waals surface area contributed by atoms with Crippen LogP contribution in [0.1, 0.15) is 18.4 Å². The summed E-state index contributed by atoms with van der Waals surface area (Å²) in [6, 6.07) is 6.28. The Balaban J connectivity index is 1.79. The molecular formula is C16H21FN2O2. The number of ketones is 1. The van der Waals surface area contributed by atoms with Gasteiger partial charge in [-0.2, -0.15) is 0 Å². The van der Waals surface area contributed by atoms with E-state index in [2.05, 4.69) is 0 Å². The van der Waals surface area contributed by atoms with Gasteiger partial charge in [-0.05, 0) is 31.5 Å². The van der Waals surface area contributed by atoms with Gasteiger partial charge in [-0.1, -0.05) is 18.2 Å². The molecule has 0 spiro atoms. The molecule has 1 aliphatic heterocycles. The lowest BCUT2D eigenvalue weighted by atomic mass is 10.1. The van der Waals surface area contributed by atoms with Crippen molar-refractivity contribution in [3.05, 3.63) is 35.6 Å². The van der Waals surface area contributed by atoms with E-state index in [4.69, 9.17) is 0 Å². The van der Waals surface area contributed by atoms with Crippen molar-refractivity contribution in [2.75, 3.05) is 33.2 Å². The Bertz CT molecular complexity index is 513. The molecule has 0 atom stereocenters. The largest absolute Gasteiger partial charge is 0.342 e. The van der Waals surface area contributed by atoms with E-state index >= 15 is 0 Å². The number of halogens is 1. The molecule has 0 aliphatic carbocycles. The number of carbonyl (C=O) groups excluding carboxylic acids is 2. The minimum atomic E-state index is -0.360. The van der Waals surface area contributed by atoms with Crippen molar-refractivity contribution in [3.8, 4) is 0 Å². The molecule has 2 rings (SSSR count). The molecule has 1 saturated heterocycles. The third-order valence-electron chi connectivity index (χ3n) is 3.66. The lowest BCUT2D eigenvalue weighted by molar-refractivity contribution is -0.131. The van der Waals surface area contributed by atoms with Gasteiger partial charge in [0.2, 0.25) is 5.91 Å². The Hall–Kier alpha value is -1.75. The van der Waals surface area contributed by atoms with Gasteiger partial charge < -0.3 is 4.90 Å². The Kier molecular flexibility index (Phi) is 5.44.